The fraction of sp³-hybridized carbons (Fsp3) is 0.737. The molecule has 5 atom stereocenters. The van der Waals surface area contributed by atoms with Gasteiger partial charge in [-0.25, -0.2) is 4.79 Å². The van der Waals surface area contributed by atoms with E-state index in [2.05, 4.69) is 28.6 Å². The van der Waals surface area contributed by atoms with Gasteiger partial charge in [0.25, 0.3) is 0 Å². The van der Waals surface area contributed by atoms with Crippen LogP contribution in [-0.2, 0) is 24.0 Å². The molecule has 11 nitrogen and oxygen atoms in total. The summed E-state index contributed by atoms with van der Waals surface area (Å²) in [5.74, 6) is -3.55. The predicted molar refractivity (Wildman–Crippen MR) is 126 cm³/mol. The minimum absolute atomic E-state index is 0.0379. The molecule has 0 aliphatic carbocycles. The number of hydrogen-bond donors (Lipinski definition) is 7. The van der Waals surface area contributed by atoms with Gasteiger partial charge in [-0.2, -0.15) is 24.4 Å². The van der Waals surface area contributed by atoms with Gasteiger partial charge in [-0.05, 0) is 30.8 Å². The van der Waals surface area contributed by atoms with Crippen molar-refractivity contribution >= 4 is 54.0 Å². The minimum atomic E-state index is -1.24. The first-order valence-corrected chi connectivity index (χ1v) is 12.3. The Morgan fingerprint density at radius 3 is 2.06 bits per heavy atom. The van der Waals surface area contributed by atoms with Crippen molar-refractivity contribution in [2.45, 2.75) is 63.7 Å². The highest BCUT2D eigenvalue weighted by molar-refractivity contribution is 7.98. The number of carbonyl (C=O) groups excluding carboxylic acids is 4. The van der Waals surface area contributed by atoms with Crippen LogP contribution in [0.25, 0.3) is 0 Å². The molecule has 0 aromatic rings. The lowest BCUT2D eigenvalue weighted by atomic mass is 9.97. The topological polar surface area (TPSA) is 194 Å². The third kappa shape index (κ3) is 11.0. The van der Waals surface area contributed by atoms with Crippen molar-refractivity contribution in [1.29, 1.82) is 0 Å². The Hall–Kier alpha value is -1.99. The fourth-order valence-electron chi connectivity index (χ4n) is 2.61. The molecule has 0 aliphatic rings. The van der Waals surface area contributed by atoms with Crippen LogP contribution in [0.15, 0.2) is 0 Å². The summed E-state index contributed by atoms with van der Waals surface area (Å²) in [6.45, 7) is 3.57. The smallest absolute Gasteiger partial charge is 0.327 e. The molecule has 0 rings (SSSR count). The van der Waals surface area contributed by atoms with Crippen molar-refractivity contribution in [2.75, 3.05) is 17.8 Å². The molecule has 8 N–H and O–H groups in total. The molecule has 5 unspecified atom stereocenters. The molecule has 0 bridgehead atoms. The van der Waals surface area contributed by atoms with Crippen LogP contribution < -0.4 is 27.4 Å². The summed E-state index contributed by atoms with van der Waals surface area (Å²) in [7, 11) is 0. The van der Waals surface area contributed by atoms with Crippen molar-refractivity contribution in [3.05, 3.63) is 0 Å². The average Bonchev–Trinajstić information content (AvgIpc) is 2.75. The number of thiol groups is 1. The Kier molecular flexibility index (Phi) is 14.8. The van der Waals surface area contributed by atoms with E-state index in [0.29, 0.717) is 12.2 Å². The Bertz CT molecular complexity index is 666. The first-order chi connectivity index (χ1) is 15.0. The first-order valence-electron chi connectivity index (χ1n) is 10.3. The van der Waals surface area contributed by atoms with E-state index >= 15 is 0 Å². The largest absolute Gasteiger partial charge is 0.480 e. The van der Waals surface area contributed by atoms with Crippen LogP contribution in [0.5, 0.6) is 0 Å². The van der Waals surface area contributed by atoms with Gasteiger partial charge in [-0.1, -0.05) is 20.3 Å². The van der Waals surface area contributed by atoms with Gasteiger partial charge in [0, 0.05) is 12.2 Å². The van der Waals surface area contributed by atoms with Gasteiger partial charge in [0.05, 0.1) is 6.04 Å². The number of carboxylic acid groups (broad SMARTS) is 1. The molecule has 32 heavy (non-hydrogen) atoms. The molecule has 0 aromatic heterocycles. The van der Waals surface area contributed by atoms with E-state index in [9.17, 15) is 24.0 Å². The lowest BCUT2D eigenvalue weighted by molar-refractivity contribution is -0.142. The second-order valence-corrected chi connectivity index (χ2v) is 8.76. The number of aliphatic carboxylic acids is 1. The molecule has 0 spiro atoms. The van der Waals surface area contributed by atoms with Crippen LogP contribution in [0.4, 0.5) is 0 Å². The quantitative estimate of drug-likeness (QED) is 0.131. The van der Waals surface area contributed by atoms with Crippen molar-refractivity contribution in [1.82, 2.24) is 16.0 Å². The molecule has 0 fully saturated rings. The Morgan fingerprint density at radius 2 is 1.59 bits per heavy atom. The molecule has 184 valence electrons. The summed E-state index contributed by atoms with van der Waals surface area (Å²) >= 11 is 5.40. The van der Waals surface area contributed by atoms with Gasteiger partial charge < -0.3 is 32.5 Å². The van der Waals surface area contributed by atoms with Crippen molar-refractivity contribution in [3.63, 3.8) is 0 Å². The van der Waals surface area contributed by atoms with E-state index in [1.54, 1.807) is 6.92 Å². The van der Waals surface area contributed by atoms with E-state index in [1.165, 1.54) is 11.8 Å². The summed E-state index contributed by atoms with van der Waals surface area (Å²) < 4.78 is 0. The van der Waals surface area contributed by atoms with Crippen LogP contribution in [0.2, 0.25) is 0 Å². The molecule has 0 heterocycles. The molecular formula is C19H35N5O6S2. The van der Waals surface area contributed by atoms with E-state index < -0.39 is 53.8 Å². The molecule has 0 aromatic carbocycles. The highest BCUT2D eigenvalue weighted by Crippen LogP contribution is 2.10. The summed E-state index contributed by atoms with van der Waals surface area (Å²) in [5.41, 5.74) is 10.8. The van der Waals surface area contributed by atoms with Crippen LogP contribution >= 0.6 is 24.4 Å². The standard InChI is InChI=1S/C19H35N5O6S2/c1-4-10(2)15(18(28)23-13(9-31)19(29)30)24-17(27)12(7-8-32-3)22-16(26)11(20)5-6-14(21)25/h10-13,15,31H,4-9,20H2,1-3H3,(H2,21,25)(H,22,26)(H,23,28)(H,24,27)(H,29,30). The molecule has 0 saturated heterocycles. The average molecular weight is 494 g/mol. The molecular weight excluding hydrogens is 458 g/mol. The summed E-state index contributed by atoms with van der Waals surface area (Å²) in [6, 6.07) is -4.20. The summed E-state index contributed by atoms with van der Waals surface area (Å²) in [5, 5.41) is 16.7. The molecule has 4 amide bonds. The molecule has 13 heteroatoms. The van der Waals surface area contributed by atoms with E-state index in [0.717, 1.165) is 0 Å². The zero-order valence-corrected chi connectivity index (χ0v) is 20.3. The summed E-state index contributed by atoms with van der Waals surface area (Å²) in [6.07, 6.45) is 2.63. The number of nitrogens with one attached hydrogen (secondary N) is 3. The van der Waals surface area contributed by atoms with E-state index in [1.807, 2.05) is 13.2 Å². The zero-order valence-electron chi connectivity index (χ0n) is 18.6. The van der Waals surface area contributed by atoms with Crippen LogP contribution in [0.3, 0.4) is 0 Å². The van der Waals surface area contributed by atoms with Crippen molar-refractivity contribution in [2.24, 2.45) is 17.4 Å². The van der Waals surface area contributed by atoms with Gasteiger partial charge in [0.15, 0.2) is 0 Å². The van der Waals surface area contributed by atoms with Gasteiger partial charge in [0.2, 0.25) is 23.6 Å². The zero-order chi connectivity index (χ0) is 24.8. The van der Waals surface area contributed by atoms with Crippen LogP contribution in [0, 0.1) is 5.92 Å². The predicted octanol–water partition coefficient (Wildman–Crippen LogP) is -1.15. The monoisotopic (exact) mass is 493 g/mol. The number of carbonyl (C=O) groups is 5. The maximum absolute atomic E-state index is 12.9. The number of hydrogen-bond acceptors (Lipinski definition) is 8. The van der Waals surface area contributed by atoms with Crippen molar-refractivity contribution < 1.29 is 29.1 Å². The second-order valence-electron chi connectivity index (χ2n) is 7.41. The maximum atomic E-state index is 12.9. The Labute approximate surface area is 198 Å². The lowest BCUT2D eigenvalue weighted by Crippen LogP contribution is -2.59. The minimum Gasteiger partial charge on any atom is -0.480 e. The van der Waals surface area contributed by atoms with Crippen molar-refractivity contribution in [3.8, 4) is 0 Å². The SMILES string of the molecule is CCC(C)C(NC(=O)C(CCSC)NC(=O)C(N)CCC(N)=O)C(=O)NC(CS)C(=O)O. The maximum Gasteiger partial charge on any atom is 0.327 e. The second kappa shape index (κ2) is 15.8. The summed E-state index contributed by atoms with van der Waals surface area (Å²) in [4.78, 5) is 60.1. The Morgan fingerprint density at radius 1 is 1.00 bits per heavy atom. The third-order valence-electron chi connectivity index (χ3n) is 4.87. The van der Waals surface area contributed by atoms with Gasteiger partial charge >= 0.3 is 5.97 Å². The fourth-order valence-corrected chi connectivity index (χ4v) is 3.33. The van der Waals surface area contributed by atoms with E-state index in [4.69, 9.17) is 16.6 Å². The molecule has 0 aliphatic heterocycles. The van der Waals surface area contributed by atoms with Gasteiger partial charge in [-0.3, -0.25) is 19.2 Å². The lowest BCUT2D eigenvalue weighted by Gasteiger charge is -2.28. The van der Waals surface area contributed by atoms with Gasteiger partial charge in [-0.15, -0.1) is 0 Å². The number of carboxylic acids is 1. The van der Waals surface area contributed by atoms with Gasteiger partial charge in [0.1, 0.15) is 18.1 Å². The Balaban J connectivity index is 5.39. The first kappa shape index (κ1) is 30.0. The highest BCUT2D eigenvalue weighted by atomic mass is 32.2. The number of thioether (sulfide) groups is 1. The number of amides is 4. The van der Waals surface area contributed by atoms with E-state index in [-0.39, 0.29) is 30.9 Å². The highest BCUT2D eigenvalue weighted by Gasteiger charge is 2.32. The van der Waals surface area contributed by atoms with Crippen LogP contribution in [0.1, 0.15) is 39.5 Å². The molecule has 0 saturated carbocycles. The normalized spacial score (nSPS) is 15.5. The van der Waals surface area contributed by atoms with Crippen LogP contribution in [-0.4, -0.2) is 76.6 Å². The number of rotatable bonds is 16. The molecule has 0 radical (unpaired) electrons. The number of nitrogens with two attached hydrogens (primary N) is 2. The third-order valence-corrected chi connectivity index (χ3v) is 5.88. The number of primary amides is 1.